The van der Waals surface area contributed by atoms with Gasteiger partial charge in [0, 0.05) is 18.2 Å². The van der Waals surface area contributed by atoms with Crippen LogP contribution in [0.3, 0.4) is 0 Å². The fraction of sp³-hybridized carbons (Fsp3) is 0.214. The number of rotatable bonds is 4. The van der Waals surface area contributed by atoms with E-state index in [-0.39, 0.29) is 12.4 Å². The van der Waals surface area contributed by atoms with Gasteiger partial charge in [-0.05, 0) is 24.3 Å². The molecule has 0 spiro atoms. The fourth-order valence-electron chi connectivity index (χ4n) is 2.10. The highest BCUT2D eigenvalue weighted by molar-refractivity contribution is 5.60. The summed E-state index contributed by atoms with van der Waals surface area (Å²) in [6.07, 6.45) is -1.22. The molecule has 23 heavy (non-hydrogen) atoms. The van der Waals surface area contributed by atoms with Crippen LogP contribution in [0, 0.1) is 0 Å². The summed E-state index contributed by atoms with van der Waals surface area (Å²) >= 11 is 0. The maximum absolute atomic E-state index is 12.1. The van der Waals surface area contributed by atoms with E-state index >= 15 is 0 Å². The van der Waals surface area contributed by atoms with Gasteiger partial charge in [0.05, 0.1) is 18.5 Å². The first-order valence-electron chi connectivity index (χ1n) is 6.63. The lowest BCUT2D eigenvalue weighted by atomic mass is 10.1. The summed E-state index contributed by atoms with van der Waals surface area (Å²) in [5.41, 5.74) is 1.68. The maximum atomic E-state index is 12.1. The Hall–Kier alpha value is -2.68. The highest BCUT2D eigenvalue weighted by atomic mass is 19.4. The number of benzene rings is 1. The van der Waals surface area contributed by atoms with Gasteiger partial charge < -0.3 is 9.84 Å². The SMILES string of the molecule is OCCc1nnc2cnc(-c3ccc(OC(F)(F)F)cc3)cn12. The third kappa shape index (κ3) is 3.39. The minimum atomic E-state index is -4.72. The quantitative estimate of drug-likeness (QED) is 0.797. The second-order valence-electron chi connectivity index (χ2n) is 4.66. The predicted molar refractivity (Wildman–Crippen MR) is 73.7 cm³/mol. The van der Waals surface area contributed by atoms with E-state index in [1.54, 1.807) is 10.6 Å². The Morgan fingerprint density at radius 2 is 1.87 bits per heavy atom. The summed E-state index contributed by atoms with van der Waals surface area (Å²) in [4.78, 5) is 4.21. The van der Waals surface area contributed by atoms with E-state index in [0.29, 0.717) is 29.1 Å². The van der Waals surface area contributed by atoms with Crippen LogP contribution in [0.5, 0.6) is 5.75 Å². The number of aliphatic hydroxyl groups is 1. The zero-order chi connectivity index (χ0) is 16.4. The van der Waals surface area contributed by atoms with E-state index in [2.05, 4.69) is 19.9 Å². The minimum absolute atomic E-state index is 0.0675. The lowest BCUT2D eigenvalue weighted by Gasteiger charge is -2.09. The maximum Gasteiger partial charge on any atom is 0.573 e. The largest absolute Gasteiger partial charge is 0.573 e. The molecule has 3 rings (SSSR count). The van der Waals surface area contributed by atoms with Crippen LogP contribution in [0.1, 0.15) is 5.82 Å². The van der Waals surface area contributed by atoms with Gasteiger partial charge in [0.25, 0.3) is 0 Å². The number of nitrogens with zero attached hydrogens (tertiary/aromatic N) is 4. The van der Waals surface area contributed by atoms with Crippen LogP contribution >= 0.6 is 0 Å². The molecule has 0 saturated carbocycles. The molecule has 0 fully saturated rings. The highest BCUT2D eigenvalue weighted by Crippen LogP contribution is 2.25. The molecule has 0 aliphatic carbocycles. The van der Waals surface area contributed by atoms with E-state index in [1.165, 1.54) is 30.5 Å². The Labute approximate surface area is 128 Å². The third-order valence-electron chi connectivity index (χ3n) is 3.08. The number of aromatic nitrogens is 4. The summed E-state index contributed by atoms with van der Waals surface area (Å²) in [7, 11) is 0. The molecule has 0 bridgehead atoms. The predicted octanol–water partition coefficient (Wildman–Crippen LogP) is 2.22. The Morgan fingerprint density at radius 3 is 2.52 bits per heavy atom. The van der Waals surface area contributed by atoms with E-state index in [1.807, 2.05) is 0 Å². The molecule has 0 aliphatic rings. The number of hydrogen-bond donors (Lipinski definition) is 1. The second kappa shape index (κ2) is 5.84. The van der Waals surface area contributed by atoms with Crippen molar-refractivity contribution in [2.24, 2.45) is 0 Å². The smallest absolute Gasteiger partial charge is 0.406 e. The van der Waals surface area contributed by atoms with Gasteiger partial charge >= 0.3 is 6.36 Å². The number of ether oxygens (including phenoxy) is 1. The molecule has 0 aliphatic heterocycles. The zero-order valence-electron chi connectivity index (χ0n) is 11.7. The van der Waals surface area contributed by atoms with Crippen LogP contribution in [0.15, 0.2) is 36.7 Å². The van der Waals surface area contributed by atoms with Crippen molar-refractivity contribution in [3.05, 3.63) is 42.5 Å². The topological polar surface area (TPSA) is 72.5 Å². The second-order valence-corrected chi connectivity index (χ2v) is 4.66. The third-order valence-corrected chi connectivity index (χ3v) is 3.08. The fourth-order valence-corrected chi connectivity index (χ4v) is 2.10. The van der Waals surface area contributed by atoms with Crippen molar-refractivity contribution in [3.8, 4) is 17.0 Å². The first-order chi connectivity index (χ1) is 11.0. The number of aliphatic hydroxyl groups excluding tert-OH is 1. The lowest BCUT2D eigenvalue weighted by Crippen LogP contribution is -2.16. The zero-order valence-corrected chi connectivity index (χ0v) is 11.7. The summed E-state index contributed by atoms with van der Waals surface area (Å²) in [6, 6.07) is 5.39. The monoisotopic (exact) mass is 324 g/mol. The van der Waals surface area contributed by atoms with Gasteiger partial charge in [0.15, 0.2) is 5.65 Å². The molecule has 0 amide bonds. The van der Waals surface area contributed by atoms with Crippen LogP contribution in [-0.2, 0) is 6.42 Å². The van der Waals surface area contributed by atoms with Crippen LogP contribution in [-0.4, -0.2) is 37.7 Å². The van der Waals surface area contributed by atoms with Crippen LogP contribution in [0.2, 0.25) is 0 Å². The van der Waals surface area contributed by atoms with Crippen molar-refractivity contribution < 1.29 is 23.0 Å². The summed E-state index contributed by atoms with van der Waals surface area (Å²) < 4.78 is 42.0. The Kier molecular flexibility index (Phi) is 3.87. The van der Waals surface area contributed by atoms with Gasteiger partial charge in [-0.2, -0.15) is 0 Å². The van der Waals surface area contributed by atoms with E-state index in [0.717, 1.165) is 0 Å². The standard InChI is InChI=1S/C14H11F3N4O2/c15-14(16,17)23-10-3-1-9(2-4-10)11-8-21-12(5-6-22)19-20-13(21)7-18-11/h1-4,7-8,22H,5-6H2. The average molecular weight is 324 g/mol. The van der Waals surface area contributed by atoms with E-state index in [9.17, 15) is 13.2 Å². The molecule has 1 aromatic carbocycles. The van der Waals surface area contributed by atoms with Crippen molar-refractivity contribution in [1.82, 2.24) is 19.6 Å². The van der Waals surface area contributed by atoms with Crippen molar-refractivity contribution in [2.75, 3.05) is 6.61 Å². The number of alkyl halides is 3. The lowest BCUT2D eigenvalue weighted by molar-refractivity contribution is -0.274. The van der Waals surface area contributed by atoms with Crippen molar-refractivity contribution in [2.45, 2.75) is 12.8 Å². The van der Waals surface area contributed by atoms with Gasteiger partial charge in [-0.1, -0.05) is 0 Å². The molecular weight excluding hydrogens is 313 g/mol. The molecule has 0 atom stereocenters. The van der Waals surface area contributed by atoms with E-state index < -0.39 is 6.36 Å². The normalized spacial score (nSPS) is 11.8. The molecule has 9 heteroatoms. The number of halogens is 3. The van der Waals surface area contributed by atoms with Crippen molar-refractivity contribution >= 4 is 5.65 Å². The molecule has 2 heterocycles. The molecular formula is C14H11F3N4O2. The molecule has 0 radical (unpaired) electrons. The molecule has 3 aromatic rings. The van der Waals surface area contributed by atoms with Gasteiger partial charge in [0.2, 0.25) is 0 Å². The highest BCUT2D eigenvalue weighted by Gasteiger charge is 2.30. The average Bonchev–Trinajstić information content (AvgIpc) is 2.89. The molecule has 0 unspecified atom stereocenters. The first-order valence-corrected chi connectivity index (χ1v) is 6.63. The van der Waals surface area contributed by atoms with E-state index in [4.69, 9.17) is 5.11 Å². The summed E-state index contributed by atoms with van der Waals surface area (Å²) in [5.74, 6) is 0.274. The summed E-state index contributed by atoms with van der Waals surface area (Å²) in [5, 5.41) is 16.9. The van der Waals surface area contributed by atoms with Crippen LogP contribution < -0.4 is 4.74 Å². The van der Waals surface area contributed by atoms with Gasteiger partial charge in [-0.25, -0.2) is 0 Å². The summed E-state index contributed by atoms with van der Waals surface area (Å²) in [6.45, 7) is -0.0675. The van der Waals surface area contributed by atoms with Gasteiger partial charge in [0.1, 0.15) is 11.6 Å². The number of fused-ring (bicyclic) bond motifs is 1. The van der Waals surface area contributed by atoms with Gasteiger partial charge in [-0.3, -0.25) is 9.38 Å². The van der Waals surface area contributed by atoms with Gasteiger partial charge in [-0.15, -0.1) is 23.4 Å². The minimum Gasteiger partial charge on any atom is -0.406 e. The molecule has 2 aromatic heterocycles. The Bertz CT molecular complexity index is 815. The van der Waals surface area contributed by atoms with Crippen LogP contribution in [0.4, 0.5) is 13.2 Å². The molecule has 6 nitrogen and oxygen atoms in total. The van der Waals surface area contributed by atoms with Crippen LogP contribution in [0.25, 0.3) is 16.9 Å². The molecule has 120 valence electrons. The molecule has 1 N–H and O–H groups in total. The Morgan fingerprint density at radius 1 is 1.13 bits per heavy atom. The molecule has 0 saturated heterocycles. The number of hydrogen-bond acceptors (Lipinski definition) is 5. The Balaban J connectivity index is 1.91. The van der Waals surface area contributed by atoms with Crippen molar-refractivity contribution in [3.63, 3.8) is 0 Å². The first kappa shape index (κ1) is 15.2. The van der Waals surface area contributed by atoms with Crippen molar-refractivity contribution in [1.29, 1.82) is 0 Å².